The first-order valence-electron chi connectivity index (χ1n) is 11.3. The van der Waals surface area contributed by atoms with E-state index in [2.05, 4.69) is 54.1 Å². The van der Waals surface area contributed by atoms with Crippen molar-refractivity contribution in [2.24, 2.45) is 0 Å². The molecule has 10 heteroatoms. The number of likely N-dealkylation sites (N-methyl/N-ethyl adjacent to an activating group) is 2. The first-order valence-corrected chi connectivity index (χ1v) is 12.2. The van der Waals surface area contributed by atoms with Gasteiger partial charge in [0, 0.05) is 47.2 Å². The summed E-state index contributed by atoms with van der Waals surface area (Å²) in [7, 11) is 7.61. The van der Waals surface area contributed by atoms with Gasteiger partial charge in [0.1, 0.15) is 12.1 Å². The first kappa shape index (κ1) is 25.1. The third-order valence-electron chi connectivity index (χ3n) is 5.60. The molecule has 2 N–H and O–H groups in total. The van der Waals surface area contributed by atoms with Crippen molar-refractivity contribution in [2.45, 2.75) is 0 Å². The molecular formula is C26H29N7O2S. The lowest BCUT2D eigenvalue weighted by Crippen LogP contribution is -2.29. The molecule has 0 saturated heterocycles. The molecule has 9 nitrogen and oxygen atoms in total. The van der Waals surface area contributed by atoms with Gasteiger partial charge in [0.05, 0.1) is 24.2 Å². The highest BCUT2D eigenvalue weighted by Crippen LogP contribution is 2.38. The molecule has 2 aromatic heterocycles. The standard InChI is InChI=1S/C26H29N7O2S/c1-6-24(34)29-19-13-20(22(35-5)14-21(19)33(4)12-11-32(2)3)30-26-28-16-27-25(31-26)18-15-36-23-10-8-7-9-17(18)23/h6-10,13-16H,1,11-12H2,2-5H3,(H,29,34)(H,27,28,30,31). The third kappa shape index (κ3) is 5.61. The Kier molecular flexibility index (Phi) is 7.77. The summed E-state index contributed by atoms with van der Waals surface area (Å²) < 4.78 is 6.85. The van der Waals surface area contributed by atoms with Crippen LogP contribution in [0, 0.1) is 0 Å². The fourth-order valence-electron chi connectivity index (χ4n) is 3.66. The Hall–Kier alpha value is -4.02. The number of benzene rings is 2. The number of nitrogens with zero attached hydrogens (tertiary/aromatic N) is 5. The summed E-state index contributed by atoms with van der Waals surface area (Å²) in [5.74, 6) is 1.22. The van der Waals surface area contributed by atoms with E-state index in [0.29, 0.717) is 28.9 Å². The molecule has 186 valence electrons. The minimum absolute atomic E-state index is 0.305. The van der Waals surface area contributed by atoms with Crippen LogP contribution >= 0.6 is 11.3 Å². The van der Waals surface area contributed by atoms with E-state index in [4.69, 9.17) is 4.74 Å². The van der Waals surface area contributed by atoms with Crippen LogP contribution in [0.2, 0.25) is 0 Å². The maximum Gasteiger partial charge on any atom is 0.247 e. The Morgan fingerprint density at radius 1 is 1.14 bits per heavy atom. The normalized spacial score (nSPS) is 10.9. The number of carbonyl (C=O) groups excluding carboxylic acids is 1. The maximum atomic E-state index is 12.2. The van der Waals surface area contributed by atoms with Crippen LogP contribution in [0.4, 0.5) is 23.0 Å². The van der Waals surface area contributed by atoms with Crippen molar-refractivity contribution in [1.29, 1.82) is 0 Å². The Labute approximate surface area is 214 Å². The van der Waals surface area contributed by atoms with E-state index in [0.717, 1.165) is 29.7 Å². The number of carbonyl (C=O) groups is 1. The number of methoxy groups -OCH3 is 1. The number of amides is 1. The number of thiophene rings is 1. The lowest BCUT2D eigenvalue weighted by molar-refractivity contribution is -0.111. The number of fused-ring (bicyclic) bond motifs is 1. The van der Waals surface area contributed by atoms with Crippen LogP contribution in [0.5, 0.6) is 5.75 Å². The lowest BCUT2D eigenvalue weighted by atomic mass is 10.1. The smallest absolute Gasteiger partial charge is 0.247 e. The minimum atomic E-state index is -0.305. The van der Waals surface area contributed by atoms with Crippen LogP contribution in [0.3, 0.4) is 0 Å². The van der Waals surface area contributed by atoms with Gasteiger partial charge in [-0.2, -0.15) is 4.98 Å². The molecular weight excluding hydrogens is 474 g/mol. The molecule has 2 aromatic carbocycles. The summed E-state index contributed by atoms with van der Waals surface area (Å²) in [6.07, 6.45) is 2.72. The van der Waals surface area contributed by atoms with E-state index in [1.807, 2.05) is 50.8 Å². The van der Waals surface area contributed by atoms with Gasteiger partial charge in [0.15, 0.2) is 5.82 Å². The predicted molar refractivity (Wildman–Crippen MR) is 148 cm³/mol. The third-order valence-corrected chi connectivity index (χ3v) is 6.56. The zero-order valence-electron chi connectivity index (χ0n) is 20.8. The zero-order valence-corrected chi connectivity index (χ0v) is 21.6. The summed E-state index contributed by atoms with van der Waals surface area (Å²) in [6, 6.07) is 11.8. The van der Waals surface area contributed by atoms with E-state index in [-0.39, 0.29) is 5.91 Å². The van der Waals surface area contributed by atoms with Gasteiger partial charge in [0.25, 0.3) is 0 Å². The second-order valence-electron chi connectivity index (χ2n) is 8.39. The van der Waals surface area contributed by atoms with Crippen molar-refractivity contribution >= 4 is 50.3 Å². The summed E-state index contributed by atoms with van der Waals surface area (Å²) in [4.78, 5) is 29.7. The molecule has 0 atom stereocenters. The van der Waals surface area contributed by atoms with E-state index < -0.39 is 0 Å². The second-order valence-corrected chi connectivity index (χ2v) is 9.30. The van der Waals surface area contributed by atoms with Gasteiger partial charge in [-0.3, -0.25) is 4.79 Å². The molecule has 0 aliphatic carbocycles. The maximum absolute atomic E-state index is 12.2. The number of aromatic nitrogens is 3. The summed E-state index contributed by atoms with van der Waals surface area (Å²) in [6.45, 7) is 5.17. The molecule has 0 saturated carbocycles. The van der Waals surface area contributed by atoms with Crippen LogP contribution in [0.1, 0.15) is 0 Å². The van der Waals surface area contributed by atoms with E-state index in [9.17, 15) is 4.79 Å². The molecule has 36 heavy (non-hydrogen) atoms. The van der Waals surface area contributed by atoms with Gasteiger partial charge >= 0.3 is 0 Å². The Balaban J connectivity index is 1.69. The number of ether oxygens (including phenoxy) is 1. The molecule has 4 rings (SSSR count). The molecule has 0 aliphatic rings. The largest absolute Gasteiger partial charge is 0.494 e. The molecule has 0 fully saturated rings. The fourth-order valence-corrected chi connectivity index (χ4v) is 4.60. The van der Waals surface area contributed by atoms with Gasteiger partial charge in [-0.1, -0.05) is 24.8 Å². The van der Waals surface area contributed by atoms with Crippen LogP contribution < -0.4 is 20.3 Å². The van der Waals surface area contributed by atoms with Crippen molar-refractivity contribution in [3.63, 3.8) is 0 Å². The Morgan fingerprint density at radius 3 is 2.69 bits per heavy atom. The topological polar surface area (TPSA) is 95.5 Å². The van der Waals surface area contributed by atoms with E-state index in [1.54, 1.807) is 18.4 Å². The van der Waals surface area contributed by atoms with Gasteiger partial charge in [0.2, 0.25) is 11.9 Å². The molecule has 0 radical (unpaired) electrons. The van der Waals surface area contributed by atoms with E-state index in [1.165, 1.54) is 17.1 Å². The molecule has 1 amide bonds. The summed E-state index contributed by atoms with van der Waals surface area (Å²) >= 11 is 1.65. The lowest BCUT2D eigenvalue weighted by Gasteiger charge is -2.25. The SMILES string of the molecule is C=CC(=O)Nc1cc(Nc2ncnc(-c3csc4ccccc34)n2)c(OC)cc1N(C)CCN(C)C. The molecule has 2 heterocycles. The number of anilines is 4. The molecule has 0 spiro atoms. The molecule has 4 aromatic rings. The van der Waals surface area contributed by atoms with E-state index >= 15 is 0 Å². The highest BCUT2D eigenvalue weighted by molar-refractivity contribution is 7.17. The number of nitrogens with one attached hydrogen (secondary N) is 2. The Bertz CT molecular complexity index is 1390. The fraction of sp³-hybridized carbons (Fsp3) is 0.231. The number of hydrogen-bond acceptors (Lipinski definition) is 9. The predicted octanol–water partition coefficient (Wildman–Crippen LogP) is 4.63. The molecule has 0 bridgehead atoms. The van der Waals surface area contributed by atoms with Crippen LogP contribution in [0.15, 0.2) is 60.8 Å². The van der Waals surface area contributed by atoms with Crippen molar-refractivity contribution in [3.05, 3.63) is 60.8 Å². The Morgan fingerprint density at radius 2 is 1.94 bits per heavy atom. The zero-order chi connectivity index (χ0) is 25.7. The summed E-state index contributed by atoms with van der Waals surface area (Å²) in [5, 5.41) is 9.28. The number of rotatable bonds is 10. The quantitative estimate of drug-likeness (QED) is 0.303. The van der Waals surface area contributed by atoms with Gasteiger partial charge in [-0.25, -0.2) is 9.97 Å². The number of hydrogen-bond donors (Lipinski definition) is 2. The van der Waals surface area contributed by atoms with Crippen molar-refractivity contribution in [3.8, 4) is 17.1 Å². The monoisotopic (exact) mass is 503 g/mol. The molecule has 0 aliphatic heterocycles. The van der Waals surface area contributed by atoms with Crippen LogP contribution in [-0.4, -0.2) is 67.1 Å². The average molecular weight is 504 g/mol. The van der Waals surface area contributed by atoms with Crippen LogP contribution in [-0.2, 0) is 4.79 Å². The van der Waals surface area contributed by atoms with Gasteiger partial charge < -0.3 is 25.2 Å². The highest BCUT2D eigenvalue weighted by atomic mass is 32.1. The van der Waals surface area contributed by atoms with Gasteiger partial charge in [-0.15, -0.1) is 11.3 Å². The highest BCUT2D eigenvalue weighted by Gasteiger charge is 2.17. The van der Waals surface area contributed by atoms with Crippen molar-refractivity contribution in [2.75, 3.05) is 56.9 Å². The summed E-state index contributed by atoms with van der Waals surface area (Å²) in [5.41, 5.74) is 2.98. The average Bonchev–Trinajstić information content (AvgIpc) is 3.32. The first-order chi connectivity index (χ1) is 17.4. The second kappa shape index (κ2) is 11.1. The minimum Gasteiger partial charge on any atom is -0.494 e. The van der Waals surface area contributed by atoms with Crippen LogP contribution in [0.25, 0.3) is 21.5 Å². The molecule has 0 unspecified atom stereocenters. The van der Waals surface area contributed by atoms with Gasteiger partial charge in [-0.05, 0) is 32.3 Å². The van der Waals surface area contributed by atoms with Crippen molar-refractivity contribution in [1.82, 2.24) is 19.9 Å². The van der Waals surface area contributed by atoms with Crippen molar-refractivity contribution < 1.29 is 9.53 Å².